The summed E-state index contributed by atoms with van der Waals surface area (Å²) in [5.74, 6) is 1.65. The molecule has 0 atom stereocenters. The van der Waals surface area contributed by atoms with Crippen molar-refractivity contribution in [3.8, 4) is 23.3 Å². The predicted octanol–water partition coefficient (Wildman–Crippen LogP) is 5.27. The average Bonchev–Trinajstić information content (AvgIpc) is 3.31. The number of methoxy groups -OCH3 is 1. The predicted molar refractivity (Wildman–Crippen MR) is 136 cm³/mol. The fraction of sp³-hybridized carbons (Fsp3) is 0.241. The van der Waals surface area contributed by atoms with E-state index in [2.05, 4.69) is 6.07 Å². The van der Waals surface area contributed by atoms with Gasteiger partial charge in [-0.2, -0.15) is 5.26 Å². The zero-order valence-corrected chi connectivity index (χ0v) is 20.2. The Morgan fingerprint density at radius 1 is 1.00 bits per heavy atom. The van der Waals surface area contributed by atoms with Crippen LogP contribution >= 0.6 is 0 Å². The molecule has 0 saturated carbocycles. The van der Waals surface area contributed by atoms with Crippen LogP contribution in [0.15, 0.2) is 66.2 Å². The number of para-hydroxylation sites is 2. The van der Waals surface area contributed by atoms with Gasteiger partial charge in [0, 0.05) is 12.2 Å². The van der Waals surface area contributed by atoms with E-state index < -0.39 is 0 Å². The molecular formula is C29H28N2O4. The van der Waals surface area contributed by atoms with Crippen LogP contribution in [0.4, 0.5) is 5.69 Å². The van der Waals surface area contributed by atoms with Crippen LogP contribution in [0.25, 0.3) is 6.08 Å². The van der Waals surface area contributed by atoms with E-state index in [9.17, 15) is 10.1 Å². The summed E-state index contributed by atoms with van der Waals surface area (Å²) in [6, 6.07) is 21.2. The van der Waals surface area contributed by atoms with E-state index >= 15 is 0 Å². The van der Waals surface area contributed by atoms with E-state index in [1.165, 1.54) is 0 Å². The minimum atomic E-state index is -0.305. The molecule has 1 heterocycles. The highest BCUT2D eigenvalue weighted by Gasteiger charge is 2.26. The molecule has 0 radical (unpaired) electrons. The van der Waals surface area contributed by atoms with Crippen molar-refractivity contribution >= 4 is 17.7 Å². The molecule has 0 bridgehead atoms. The Kier molecular flexibility index (Phi) is 7.37. The topological polar surface area (TPSA) is 71.8 Å². The standard InChI is InChI=1S/C29H28N2O4/c1-20-7-6-8-21(2)28(20)35-16-15-34-26-12-11-22(18-27(26)33-3)17-24(19-30)29(32)31-14-13-23-9-4-5-10-25(23)31/h4-12,17-18H,13-16H2,1-3H3. The smallest absolute Gasteiger partial charge is 0.268 e. The summed E-state index contributed by atoms with van der Waals surface area (Å²) in [4.78, 5) is 14.7. The van der Waals surface area contributed by atoms with Crippen molar-refractivity contribution in [1.29, 1.82) is 5.26 Å². The first-order valence-electron chi connectivity index (χ1n) is 11.5. The first kappa shape index (κ1) is 23.9. The average molecular weight is 469 g/mol. The molecule has 4 rings (SSSR count). The van der Waals surface area contributed by atoms with Crippen LogP contribution in [0.3, 0.4) is 0 Å². The quantitative estimate of drug-likeness (QED) is 0.256. The van der Waals surface area contributed by atoms with E-state index in [4.69, 9.17) is 14.2 Å². The lowest BCUT2D eigenvalue weighted by atomic mass is 10.1. The number of carbonyl (C=O) groups excluding carboxylic acids is 1. The zero-order valence-electron chi connectivity index (χ0n) is 20.2. The molecule has 0 saturated heterocycles. The Balaban J connectivity index is 1.43. The number of nitriles is 1. The SMILES string of the molecule is COc1cc(C=C(C#N)C(=O)N2CCc3ccccc32)ccc1OCCOc1c(C)cccc1C. The Bertz CT molecular complexity index is 1290. The second-order valence-corrected chi connectivity index (χ2v) is 8.33. The lowest BCUT2D eigenvalue weighted by Crippen LogP contribution is -2.29. The molecule has 0 N–H and O–H groups in total. The summed E-state index contributed by atoms with van der Waals surface area (Å²) < 4.78 is 17.3. The number of rotatable bonds is 8. The number of aryl methyl sites for hydroxylation is 2. The van der Waals surface area contributed by atoms with E-state index in [1.54, 1.807) is 36.3 Å². The molecular weight excluding hydrogens is 440 g/mol. The maximum absolute atomic E-state index is 13.1. The lowest BCUT2D eigenvalue weighted by molar-refractivity contribution is -0.114. The van der Waals surface area contributed by atoms with Gasteiger partial charge in [-0.3, -0.25) is 4.79 Å². The number of anilines is 1. The molecule has 3 aromatic carbocycles. The van der Waals surface area contributed by atoms with E-state index in [1.807, 2.05) is 56.3 Å². The van der Waals surface area contributed by atoms with Crippen LogP contribution in [0.2, 0.25) is 0 Å². The second-order valence-electron chi connectivity index (χ2n) is 8.33. The highest BCUT2D eigenvalue weighted by atomic mass is 16.5. The van der Waals surface area contributed by atoms with E-state index in [0.29, 0.717) is 36.8 Å². The number of nitrogens with zero attached hydrogens (tertiary/aromatic N) is 2. The first-order valence-corrected chi connectivity index (χ1v) is 11.5. The molecule has 3 aromatic rings. The van der Waals surface area contributed by atoms with Gasteiger partial charge in [0.2, 0.25) is 0 Å². The Morgan fingerprint density at radius 2 is 1.74 bits per heavy atom. The molecule has 178 valence electrons. The van der Waals surface area contributed by atoms with Gasteiger partial charge < -0.3 is 19.1 Å². The molecule has 1 aliphatic heterocycles. The minimum Gasteiger partial charge on any atom is -0.493 e. The van der Waals surface area contributed by atoms with Gasteiger partial charge in [0.25, 0.3) is 5.91 Å². The number of fused-ring (bicyclic) bond motifs is 1. The molecule has 0 unspecified atom stereocenters. The normalized spacial score (nSPS) is 12.6. The van der Waals surface area contributed by atoms with Crippen LogP contribution in [0.5, 0.6) is 17.2 Å². The van der Waals surface area contributed by atoms with Crippen LogP contribution < -0.4 is 19.1 Å². The van der Waals surface area contributed by atoms with Crippen LogP contribution in [0, 0.1) is 25.2 Å². The second kappa shape index (κ2) is 10.8. The van der Waals surface area contributed by atoms with Crippen molar-refractivity contribution in [1.82, 2.24) is 0 Å². The number of hydrogen-bond donors (Lipinski definition) is 0. The van der Waals surface area contributed by atoms with Crippen molar-refractivity contribution in [2.75, 3.05) is 31.8 Å². The zero-order chi connectivity index (χ0) is 24.8. The van der Waals surface area contributed by atoms with Gasteiger partial charge in [-0.1, -0.05) is 42.5 Å². The number of amides is 1. The highest BCUT2D eigenvalue weighted by molar-refractivity contribution is 6.12. The van der Waals surface area contributed by atoms with Gasteiger partial charge in [-0.25, -0.2) is 0 Å². The fourth-order valence-corrected chi connectivity index (χ4v) is 4.22. The summed E-state index contributed by atoms with van der Waals surface area (Å²) in [6.45, 7) is 5.33. The number of hydrogen-bond acceptors (Lipinski definition) is 5. The summed E-state index contributed by atoms with van der Waals surface area (Å²) >= 11 is 0. The van der Waals surface area contributed by atoms with Gasteiger partial charge in [0.15, 0.2) is 11.5 Å². The lowest BCUT2D eigenvalue weighted by Gasteiger charge is -2.17. The molecule has 0 aliphatic carbocycles. The molecule has 1 aliphatic rings. The highest BCUT2D eigenvalue weighted by Crippen LogP contribution is 2.31. The van der Waals surface area contributed by atoms with Gasteiger partial charge in [0.1, 0.15) is 30.6 Å². The van der Waals surface area contributed by atoms with Gasteiger partial charge in [-0.05, 0) is 66.8 Å². The Hall–Kier alpha value is -4.24. The van der Waals surface area contributed by atoms with Crippen LogP contribution in [-0.4, -0.2) is 32.8 Å². The molecule has 1 amide bonds. The largest absolute Gasteiger partial charge is 0.493 e. The summed E-state index contributed by atoms with van der Waals surface area (Å²) in [5.41, 5.74) is 4.89. The number of carbonyl (C=O) groups is 1. The molecule has 6 heteroatoms. The van der Waals surface area contributed by atoms with Gasteiger partial charge >= 0.3 is 0 Å². The number of ether oxygens (including phenoxy) is 3. The van der Waals surface area contributed by atoms with Crippen molar-refractivity contribution in [2.24, 2.45) is 0 Å². The Labute approximate surface area is 206 Å². The van der Waals surface area contributed by atoms with Crippen molar-refractivity contribution in [3.05, 3.63) is 88.5 Å². The molecule has 0 spiro atoms. The summed E-state index contributed by atoms with van der Waals surface area (Å²) in [6.07, 6.45) is 2.37. The van der Waals surface area contributed by atoms with Crippen molar-refractivity contribution in [3.63, 3.8) is 0 Å². The van der Waals surface area contributed by atoms with Crippen LogP contribution in [-0.2, 0) is 11.2 Å². The summed E-state index contributed by atoms with van der Waals surface area (Å²) in [5, 5.41) is 9.69. The third kappa shape index (κ3) is 5.30. The maximum atomic E-state index is 13.1. The summed E-state index contributed by atoms with van der Waals surface area (Å²) in [7, 11) is 1.56. The molecule has 0 aromatic heterocycles. The van der Waals surface area contributed by atoms with Crippen molar-refractivity contribution < 1.29 is 19.0 Å². The monoisotopic (exact) mass is 468 g/mol. The molecule has 6 nitrogen and oxygen atoms in total. The van der Waals surface area contributed by atoms with Gasteiger partial charge in [-0.15, -0.1) is 0 Å². The van der Waals surface area contributed by atoms with Gasteiger partial charge in [0.05, 0.1) is 7.11 Å². The third-order valence-electron chi connectivity index (χ3n) is 5.98. The third-order valence-corrected chi connectivity index (χ3v) is 5.98. The molecule has 0 fully saturated rings. The van der Waals surface area contributed by atoms with E-state index in [0.717, 1.165) is 34.5 Å². The van der Waals surface area contributed by atoms with Crippen molar-refractivity contribution in [2.45, 2.75) is 20.3 Å². The maximum Gasteiger partial charge on any atom is 0.268 e. The minimum absolute atomic E-state index is 0.0689. The van der Waals surface area contributed by atoms with E-state index in [-0.39, 0.29) is 11.5 Å². The number of benzene rings is 3. The Morgan fingerprint density at radius 3 is 2.49 bits per heavy atom. The first-order chi connectivity index (χ1) is 17.0. The fourth-order valence-electron chi connectivity index (χ4n) is 4.22. The van der Waals surface area contributed by atoms with Crippen LogP contribution in [0.1, 0.15) is 22.3 Å². The molecule has 35 heavy (non-hydrogen) atoms.